The number of aromatic nitrogens is 1. The molecule has 1 aliphatic heterocycles. The van der Waals surface area contributed by atoms with E-state index in [4.69, 9.17) is 0 Å². The Morgan fingerprint density at radius 3 is 2.91 bits per heavy atom. The Hall–Kier alpha value is -1.98. The van der Waals surface area contributed by atoms with Crippen molar-refractivity contribution in [3.63, 3.8) is 0 Å². The molecule has 1 aromatic carbocycles. The molecule has 2 heterocycles. The van der Waals surface area contributed by atoms with Gasteiger partial charge in [-0.2, -0.15) is 0 Å². The molecule has 2 unspecified atom stereocenters. The molecular formula is C17H19FN2O2. The maximum absolute atomic E-state index is 13.5. The first-order valence-corrected chi connectivity index (χ1v) is 7.36. The number of pyridine rings is 1. The first kappa shape index (κ1) is 14.9. The van der Waals surface area contributed by atoms with Gasteiger partial charge in [-0.1, -0.05) is 12.1 Å². The molecule has 0 radical (unpaired) electrons. The van der Waals surface area contributed by atoms with E-state index < -0.39 is 6.10 Å². The fourth-order valence-corrected chi connectivity index (χ4v) is 3.03. The van der Waals surface area contributed by atoms with Crippen molar-refractivity contribution in [2.24, 2.45) is 0 Å². The highest BCUT2D eigenvalue weighted by molar-refractivity contribution is 5.28. The number of benzene rings is 1. The first-order valence-electron chi connectivity index (χ1n) is 7.36. The van der Waals surface area contributed by atoms with Crippen LogP contribution in [0.2, 0.25) is 0 Å². The van der Waals surface area contributed by atoms with Crippen molar-refractivity contribution in [2.45, 2.75) is 32.0 Å². The van der Waals surface area contributed by atoms with E-state index in [0.29, 0.717) is 25.2 Å². The van der Waals surface area contributed by atoms with Crippen LogP contribution < -0.4 is 0 Å². The maximum Gasteiger partial charge on any atom is 0.138 e. The summed E-state index contributed by atoms with van der Waals surface area (Å²) in [6, 6.07) is 9.75. The van der Waals surface area contributed by atoms with Crippen LogP contribution in [0.15, 0.2) is 36.4 Å². The number of hydrogen-bond donors (Lipinski definition) is 2. The zero-order valence-electron chi connectivity index (χ0n) is 12.4. The molecule has 0 spiro atoms. The number of nitrogens with zero attached hydrogens (tertiary/aromatic N) is 2. The molecule has 1 aliphatic rings. The van der Waals surface area contributed by atoms with Crippen molar-refractivity contribution >= 4 is 0 Å². The van der Waals surface area contributed by atoms with Gasteiger partial charge in [0.25, 0.3) is 0 Å². The van der Waals surface area contributed by atoms with Crippen LogP contribution in [0.4, 0.5) is 4.39 Å². The van der Waals surface area contributed by atoms with Gasteiger partial charge in [0, 0.05) is 24.8 Å². The summed E-state index contributed by atoms with van der Waals surface area (Å²) in [5.74, 6) is -0.139. The van der Waals surface area contributed by atoms with Crippen LogP contribution in [0.3, 0.4) is 0 Å². The fraction of sp³-hybridized carbons (Fsp3) is 0.353. The van der Waals surface area contributed by atoms with Gasteiger partial charge in [0.1, 0.15) is 11.6 Å². The van der Waals surface area contributed by atoms with Gasteiger partial charge in [-0.25, -0.2) is 4.39 Å². The number of aryl methyl sites for hydroxylation is 1. The summed E-state index contributed by atoms with van der Waals surface area (Å²) < 4.78 is 13.5. The maximum atomic E-state index is 13.5. The molecule has 1 fully saturated rings. The minimum Gasteiger partial charge on any atom is -0.506 e. The fourth-order valence-electron chi connectivity index (χ4n) is 3.03. The predicted molar refractivity (Wildman–Crippen MR) is 80.8 cm³/mol. The van der Waals surface area contributed by atoms with Gasteiger partial charge in [-0.05, 0) is 43.2 Å². The Bertz CT molecular complexity index is 677. The number of aromatic hydroxyl groups is 1. The average molecular weight is 302 g/mol. The number of β-amino-alcohol motifs (C(OH)–C–C–N with tert-alkyl or cyclic N) is 1. The number of halogens is 1. The zero-order chi connectivity index (χ0) is 15.7. The van der Waals surface area contributed by atoms with E-state index in [1.165, 1.54) is 12.1 Å². The van der Waals surface area contributed by atoms with Gasteiger partial charge >= 0.3 is 0 Å². The number of aliphatic hydroxyl groups excluding tert-OH is 1. The van der Waals surface area contributed by atoms with Crippen LogP contribution in [0.5, 0.6) is 5.75 Å². The number of likely N-dealkylation sites (tertiary alicyclic amines) is 1. The smallest absolute Gasteiger partial charge is 0.138 e. The van der Waals surface area contributed by atoms with E-state index in [0.717, 1.165) is 11.3 Å². The van der Waals surface area contributed by atoms with Crippen molar-refractivity contribution in [2.75, 3.05) is 6.54 Å². The summed E-state index contributed by atoms with van der Waals surface area (Å²) in [7, 11) is 0. The van der Waals surface area contributed by atoms with Crippen LogP contribution >= 0.6 is 0 Å². The summed E-state index contributed by atoms with van der Waals surface area (Å²) in [4.78, 5) is 6.39. The summed E-state index contributed by atoms with van der Waals surface area (Å²) >= 11 is 0. The Morgan fingerprint density at radius 2 is 2.14 bits per heavy atom. The third-order valence-corrected chi connectivity index (χ3v) is 4.06. The SMILES string of the molecule is Cc1ccc(O)c(CN2CC(O)CC2c2cccc(F)c2)n1. The molecule has 5 heteroatoms. The van der Waals surface area contributed by atoms with Crippen molar-refractivity contribution in [3.8, 4) is 5.75 Å². The van der Waals surface area contributed by atoms with E-state index in [2.05, 4.69) is 4.98 Å². The lowest BCUT2D eigenvalue weighted by molar-refractivity contribution is 0.171. The molecule has 116 valence electrons. The lowest BCUT2D eigenvalue weighted by Gasteiger charge is -2.24. The predicted octanol–water partition coefficient (Wildman–Crippen LogP) is 2.54. The molecule has 4 nitrogen and oxygen atoms in total. The largest absolute Gasteiger partial charge is 0.506 e. The molecular weight excluding hydrogens is 283 g/mol. The monoisotopic (exact) mass is 302 g/mol. The summed E-state index contributed by atoms with van der Waals surface area (Å²) in [5.41, 5.74) is 2.24. The Balaban J connectivity index is 1.86. The second-order valence-electron chi connectivity index (χ2n) is 5.81. The lowest BCUT2D eigenvalue weighted by Crippen LogP contribution is -2.25. The van der Waals surface area contributed by atoms with E-state index in [9.17, 15) is 14.6 Å². The van der Waals surface area contributed by atoms with Gasteiger partial charge in [0.05, 0.1) is 11.8 Å². The van der Waals surface area contributed by atoms with Crippen LogP contribution in [-0.2, 0) is 6.54 Å². The Morgan fingerprint density at radius 1 is 1.32 bits per heavy atom. The minimum atomic E-state index is -0.458. The van der Waals surface area contributed by atoms with Crippen molar-refractivity contribution in [3.05, 3.63) is 59.2 Å². The lowest BCUT2D eigenvalue weighted by atomic mass is 10.0. The normalized spacial score (nSPS) is 22.1. The van der Waals surface area contributed by atoms with Gasteiger partial charge in [0.15, 0.2) is 0 Å². The second-order valence-corrected chi connectivity index (χ2v) is 5.81. The van der Waals surface area contributed by atoms with E-state index in [1.807, 2.05) is 17.9 Å². The highest BCUT2D eigenvalue weighted by atomic mass is 19.1. The van der Waals surface area contributed by atoms with Gasteiger partial charge < -0.3 is 10.2 Å². The van der Waals surface area contributed by atoms with Crippen molar-refractivity contribution < 1.29 is 14.6 Å². The van der Waals surface area contributed by atoms with Crippen LogP contribution in [0.25, 0.3) is 0 Å². The Labute approximate surface area is 128 Å². The molecule has 0 amide bonds. The zero-order valence-corrected chi connectivity index (χ0v) is 12.4. The third kappa shape index (κ3) is 3.10. The molecule has 3 rings (SSSR count). The molecule has 0 bridgehead atoms. The number of rotatable bonds is 3. The van der Waals surface area contributed by atoms with E-state index in [1.54, 1.807) is 18.2 Å². The van der Waals surface area contributed by atoms with Crippen molar-refractivity contribution in [1.82, 2.24) is 9.88 Å². The summed E-state index contributed by atoms with van der Waals surface area (Å²) in [6.07, 6.45) is 0.0935. The van der Waals surface area contributed by atoms with E-state index >= 15 is 0 Å². The minimum absolute atomic E-state index is 0.0765. The van der Waals surface area contributed by atoms with Gasteiger partial charge in [0.2, 0.25) is 0 Å². The molecule has 22 heavy (non-hydrogen) atoms. The third-order valence-electron chi connectivity index (χ3n) is 4.06. The topological polar surface area (TPSA) is 56.6 Å². The molecule has 1 saturated heterocycles. The quantitative estimate of drug-likeness (QED) is 0.915. The second kappa shape index (κ2) is 6.02. The molecule has 0 saturated carbocycles. The molecule has 2 N–H and O–H groups in total. The van der Waals surface area contributed by atoms with Crippen LogP contribution in [0.1, 0.15) is 29.4 Å². The van der Waals surface area contributed by atoms with Gasteiger partial charge in [-0.15, -0.1) is 0 Å². The molecule has 1 aromatic heterocycles. The van der Waals surface area contributed by atoms with E-state index in [-0.39, 0.29) is 17.6 Å². The number of aliphatic hydroxyl groups is 1. The summed E-state index contributed by atoms with van der Waals surface area (Å²) in [5, 5.41) is 19.9. The van der Waals surface area contributed by atoms with Crippen molar-refractivity contribution in [1.29, 1.82) is 0 Å². The average Bonchev–Trinajstić information content (AvgIpc) is 2.84. The van der Waals surface area contributed by atoms with Gasteiger partial charge in [-0.3, -0.25) is 9.88 Å². The highest BCUT2D eigenvalue weighted by Gasteiger charge is 2.32. The number of hydrogen-bond acceptors (Lipinski definition) is 4. The molecule has 0 aliphatic carbocycles. The van der Waals surface area contributed by atoms with Crippen LogP contribution in [0, 0.1) is 12.7 Å². The standard InChI is InChI=1S/C17H19FN2O2/c1-11-5-6-17(22)15(19-11)10-20-9-14(21)8-16(20)12-3-2-4-13(18)7-12/h2-7,14,16,21-22H,8-10H2,1H3. The summed E-state index contributed by atoms with van der Waals surface area (Å²) in [6.45, 7) is 2.77. The highest BCUT2D eigenvalue weighted by Crippen LogP contribution is 2.34. The van der Waals surface area contributed by atoms with Crippen LogP contribution in [-0.4, -0.2) is 32.7 Å². The first-order chi connectivity index (χ1) is 10.5. The molecule has 2 aromatic rings. The molecule has 2 atom stereocenters. The Kier molecular flexibility index (Phi) is 4.09.